The molecule has 0 aliphatic carbocycles. The Morgan fingerprint density at radius 3 is 2.62 bits per heavy atom. The summed E-state index contributed by atoms with van der Waals surface area (Å²) in [6, 6.07) is 0. The molecule has 0 aromatic carbocycles. The number of amides is 1. The van der Waals surface area contributed by atoms with Crippen molar-refractivity contribution in [1.29, 1.82) is 0 Å². The van der Waals surface area contributed by atoms with Crippen molar-refractivity contribution in [3.63, 3.8) is 0 Å². The zero-order valence-corrected chi connectivity index (χ0v) is 16.7. The summed E-state index contributed by atoms with van der Waals surface area (Å²) in [5.74, 6) is 0.944. The van der Waals surface area contributed by atoms with Gasteiger partial charge in [-0.05, 0) is 50.9 Å². The Morgan fingerprint density at radius 2 is 1.96 bits per heavy atom. The summed E-state index contributed by atoms with van der Waals surface area (Å²) >= 11 is 1.57. The molecule has 1 aromatic heterocycles. The van der Waals surface area contributed by atoms with Crippen LogP contribution in [0.25, 0.3) is 0 Å². The number of piperidine rings is 2. The minimum absolute atomic E-state index is 0.173. The quantitative estimate of drug-likeness (QED) is 0.839. The summed E-state index contributed by atoms with van der Waals surface area (Å²) in [5.41, 5.74) is 2.24. The first-order valence-corrected chi connectivity index (χ1v) is 10.8. The number of hydrogen-bond acceptors (Lipinski definition) is 6. The normalized spacial score (nSPS) is 23.3. The number of rotatable bonds is 5. The molecule has 1 aromatic rings. The van der Waals surface area contributed by atoms with Gasteiger partial charge in [0.25, 0.3) is 0 Å². The molecule has 1 spiro atoms. The van der Waals surface area contributed by atoms with Crippen molar-refractivity contribution in [2.24, 2.45) is 11.3 Å². The molecule has 0 radical (unpaired) electrons. The van der Waals surface area contributed by atoms with Crippen molar-refractivity contribution in [2.75, 3.05) is 44.8 Å². The van der Waals surface area contributed by atoms with Crippen molar-refractivity contribution >= 4 is 17.7 Å². The van der Waals surface area contributed by atoms with E-state index in [2.05, 4.69) is 14.9 Å². The number of aryl methyl sites for hydroxylation is 1. The van der Waals surface area contributed by atoms with Gasteiger partial charge in [0.1, 0.15) is 0 Å². The number of aliphatic hydroxyl groups is 1. The lowest BCUT2D eigenvalue weighted by Gasteiger charge is -2.51. The summed E-state index contributed by atoms with van der Waals surface area (Å²) in [7, 11) is 0. The van der Waals surface area contributed by atoms with Crippen LogP contribution >= 0.6 is 11.8 Å². The van der Waals surface area contributed by atoms with Gasteiger partial charge in [-0.2, -0.15) is 11.8 Å². The van der Waals surface area contributed by atoms with Gasteiger partial charge in [-0.3, -0.25) is 19.7 Å². The number of thioether (sulfide) groups is 1. The maximum Gasteiger partial charge on any atom is 0.232 e. The molecule has 3 heterocycles. The van der Waals surface area contributed by atoms with Crippen LogP contribution in [-0.4, -0.2) is 75.6 Å². The van der Waals surface area contributed by atoms with E-state index >= 15 is 0 Å². The van der Waals surface area contributed by atoms with Crippen molar-refractivity contribution in [2.45, 2.75) is 32.7 Å². The molecule has 0 unspecified atom stereocenters. The van der Waals surface area contributed by atoms with E-state index in [1.54, 1.807) is 24.2 Å². The van der Waals surface area contributed by atoms with Crippen LogP contribution in [0.2, 0.25) is 0 Å². The molecule has 2 aliphatic heterocycles. The van der Waals surface area contributed by atoms with Gasteiger partial charge in [0.05, 0.1) is 17.1 Å². The smallest absolute Gasteiger partial charge is 0.232 e. The zero-order valence-electron chi connectivity index (χ0n) is 15.9. The first kappa shape index (κ1) is 19.6. The molecule has 2 fully saturated rings. The van der Waals surface area contributed by atoms with Gasteiger partial charge in [-0.15, -0.1) is 0 Å². The number of carbonyl (C=O) groups excluding carboxylic acids is 1. The maximum atomic E-state index is 12.2. The molecule has 0 saturated carbocycles. The van der Waals surface area contributed by atoms with Gasteiger partial charge >= 0.3 is 0 Å². The fourth-order valence-electron chi connectivity index (χ4n) is 4.42. The number of aliphatic hydroxyl groups excluding tert-OH is 1. The lowest BCUT2D eigenvalue weighted by Crippen LogP contribution is -2.54. The Kier molecular flexibility index (Phi) is 6.53. The Bertz CT molecular complexity index is 619. The van der Waals surface area contributed by atoms with Crippen LogP contribution in [0.15, 0.2) is 12.4 Å². The van der Waals surface area contributed by atoms with Gasteiger partial charge in [0.2, 0.25) is 5.91 Å². The molecule has 26 heavy (non-hydrogen) atoms. The molecule has 2 aliphatic rings. The van der Waals surface area contributed by atoms with E-state index in [9.17, 15) is 9.90 Å². The van der Waals surface area contributed by atoms with E-state index in [0.29, 0.717) is 12.3 Å². The number of nitrogens with zero attached hydrogens (tertiary/aromatic N) is 4. The maximum absolute atomic E-state index is 12.2. The van der Waals surface area contributed by atoms with Crippen LogP contribution in [0.4, 0.5) is 0 Å². The second kappa shape index (κ2) is 8.67. The lowest BCUT2D eigenvalue weighted by molar-refractivity contribution is -0.135. The highest BCUT2D eigenvalue weighted by atomic mass is 32.2. The number of hydrogen-bond donors (Lipinski definition) is 1. The third-order valence-electron chi connectivity index (χ3n) is 6.24. The summed E-state index contributed by atoms with van der Waals surface area (Å²) in [4.78, 5) is 25.4. The van der Waals surface area contributed by atoms with Crippen LogP contribution in [0, 0.1) is 18.3 Å². The van der Waals surface area contributed by atoms with Crippen LogP contribution in [0.5, 0.6) is 0 Å². The van der Waals surface area contributed by atoms with Crippen LogP contribution < -0.4 is 0 Å². The standard InChI is InChI=1S/C19H30N4O2S/c1-15-17(21-7-6-20-15)12-22-8-3-19(4-9-22)5-10-23(11-16(19)13-24)18(25)14-26-2/h6-7,16,24H,3-5,8-14H2,1-2H3/t16-/m1/s1. The molecule has 1 N–H and O–H groups in total. The van der Waals surface area contributed by atoms with E-state index in [4.69, 9.17) is 0 Å². The van der Waals surface area contributed by atoms with E-state index in [1.165, 1.54) is 0 Å². The summed E-state index contributed by atoms with van der Waals surface area (Å²) in [6.45, 7) is 6.61. The highest BCUT2D eigenvalue weighted by molar-refractivity contribution is 7.99. The highest BCUT2D eigenvalue weighted by Gasteiger charge is 2.45. The van der Waals surface area contributed by atoms with Crippen molar-refractivity contribution in [3.05, 3.63) is 23.8 Å². The Labute approximate surface area is 160 Å². The van der Waals surface area contributed by atoms with Crippen LogP contribution in [0.3, 0.4) is 0 Å². The van der Waals surface area contributed by atoms with Crippen molar-refractivity contribution in [3.8, 4) is 0 Å². The van der Waals surface area contributed by atoms with E-state index in [0.717, 1.165) is 56.8 Å². The average molecular weight is 379 g/mol. The number of aromatic nitrogens is 2. The zero-order chi connectivity index (χ0) is 18.6. The Hall–Kier alpha value is -1.18. The van der Waals surface area contributed by atoms with Gasteiger partial charge in [0, 0.05) is 44.6 Å². The third kappa shape index (κ3) is 4.21. The van der Waals surface area contributed by atoms with E-state index in [-0.39, 0.29) is 23.8 Å². The molecule has 1 atom stereocenters. The van der Waals surface area contributed by atoms with Crippen LogP contribution in [-0.2, 0) is 11.3 Å². The monoisotopic (exact) mass is 378 g/mol. The molecular formula is C19H30N4O2S. The fourth-order valence-corrected chi connectivity index (χ4v) is 4.85. The molecule has 7 heteroatoms. The van der Waals surface area contributed by atoms with Gasteiger partial charge in [0.15, 0.2) is 0 Å². The second-order valence-corrected chi connectivity index (χ2v) is 8.50. The highest BCUT2D eigenvalue weighted by Crippen LogP contribution is 2.45. The topological polar surface area (TPSA) is 69.6 Å². The first-order valence-electron chi connectivity index (χ1n) is 9.44. The molecular weight excluding hydrogens is 348 g/mol. The molecule has 144 valence electrons. The predicted molar refractivity (Wildman–Crippen MR) is 104 cm³/mol. The molecule has 6 nitrogen and oxygen atoms in total. The predicted octanol–water partition coefficient (Wildman–Crippen LogP) is 1.57. The second-order valence-electron chi connectivity index (χ2n) is 7.63. The van der Waals surface area contributed by atoms with E-state index in [1.807, 2.05) is 18.1 Å². The van der Waals surface area contributed by atoms with Crippen molar-refractivity contribution in [1.82, 2.24) is 19.8 Å². The molecule has 3 rings (SSSR count). The summed E-state index contributed by atoms with van der Waals surface area (Å²) in [5, 5.41) is 10.0. The number of likely N-dealkylation sites (tertiary alicyclic amines) is 2. The number of carbonyl (C=O) groups is 1. The first-order chi connectivity index (χ1) is 12.6. The fraction of sp³-hybridized carbons (Fsp3) is 0.737. The third-order valence-corrected chi connectivity index (χ3v) is 6.77. The minimum atomic E-state index is 0.173. The van der Waals surface area contributed by atoms with Gasteiger partial charge < -0.3 is 10.0 Å². The van der Waals surface area contributed by atoms with E-state index < -0.39 is 0 Å². The molecule has 0 bridgehead atoms. The SMILES string of the molecule is CSCC(=O)N1CCC2(CCN(Cc3nccnc3C)CC2)[C@@H](CO)C1. The largest absolute Gasteiger partial charge is 0.396 e. The minimum Gasteiger partial charge on any atom is -0.396 e. The lowest BCUT2D eigenvalue weighted by atomic mass is 9.64. The Morgan fingerprint density at radius 1 is 1.27 bits per heavy atom. The van der Waals surface area contributed by atoms with Crippen molar-refractivity contribution < 1.29 is 9.90 Å². The molecule has 1 amide bonds. The molecule has 2 saturated heterocycles. The van der Waals surface area contributed by atoms with Gasteiger partial charge in [-0.25, -0.2) is 0 Å². The van der Waals surface area contributed by atoms with Gasteiger partial charge in [-0.1, -0.05) is 0 Å². The Balaban J connectivity index is 1.59. The van der Waals surface area contributed by atoms with Crippen LogP contribution in [0.1, 0.15) is 30.7 Å². The summed E-state index contributed by atoms with van der Waals surface area (Å²) in [6.07, 6.45) is 8.64. The summed E-state index contributed by atoms with van der Waals surface area (Å²) < 4.78 is 0. The average Bonchev–Trinajstić information content (AvgIpc) is 2.66.